The summed E-state index contributed by atoms with van der Waals surface area (Å²) >= 11 is 6.93. The predicted octanol–water partition coefficient (Wildman–Crippen LogP) is 16.7. The van der Waals surface area contributed by atoms with Crippen LogP contribution in [0, 0.1) is 0 Å². The summed E-state index contributed by atoms with van der Waals surface area (Å²) in [6.07, 6.45) is 24.1. The van der Waals surface area contributed by atoms with Gasteiger partial charge in [0.25, 0.3) is 0 Å². The number of hydrogen-bond donors (Lipinski definition) is 0. The van der Waals surface area contributed by atoms with E-state index in [0.29, 0.717) is 34.8 Å². The van der Waals surface area contributed by atoms with Crippen LogP contribution in [0.25, 0.3) is 0 Å². The molecule has 0 spiro atoms. The van der Waals surface area contributed by atoms with E-state index >= 15 is 0 Å². The highest BCUT2D eigenvalue weighted by molar-refractivity contribution is 9.26. The molecule has 7 saturated heterocycles. The van der Waals surface area contributed by atoms with E-state index in [-0.39, 0.29) is 11.9 Å². The van der Waals surface area contributed by atoms with Crippen LogP contribution in [0.4, 0.5) is 0 Å². The second-order valence-electron chi connectivity index (χ2n) is 17.6. The number of rotatable bonds is 24. The molecule has 0 aromatic heterocycles. The smallest absolute Gasteiger partial charge is 0.310 e. The summed E-state index contributed by atoms with van der Waals surface area (Å²) in [6, 6.07) is 16.3. The number of fused-ring (bicyclic) bond motifs is 7. The van der Waals surface area contributed by atoms with Crippen LogP contribution in [0.2, 0.25) is 0 Å². The molecule has 2 aromatic carbocycles. The standard InChI is InChI=1S/C48H68O4S11/c1-3-47(49)51-35-21-15-19-33(25-35)17-11-7-5-9-13-23-39-44(29-41-42-27-37(55-42)31-53-41)59-60-45(30-46-43-28-38(56-43)32-54-62-63-61-46)40(58-57-39)24-14-10-6-8-12-18-34-20-16-22-36(26-34)52-48(50)4-2/h15-16,19-22,25-26,37-46H,3-14,17-18,23-24,27-32H2,1-2H3. The van der Waals surface area contributed by atoms with Gasteiger partial charge in [0, 0.05) is 76.8 Å². The second kappa shape index (κ2) is 28.8. The highest BCUT2D eigenvalue weighted by Crippen LogP contribution is 2.60. The first-order chi connectivity index (χ1) is 30.9. The van der Waals surface area contributed by atoms with Crippen molar-refractivity contribution in [2.24, 2.45) is 0 Å². The van der Waals surface area contributed by atoms with Gasteiger partial charge < -0.3 is 9.47 Å². The van der Waals surface area contributed by atoms with Crippen molar-refractivity contribution in [2.45, 2.75) is 195 Å². The number of benzene rings is 2. The van der Waals surface area contributed by atoms with Crippen LogP contribution in [-0.2, 0) is 22.4 Å². The first-order valence-corrected chi connectivity index (χ1v) is 36.2. The van der Waals surface area contributed by atoms with Gasteiger partial charge in [-0.2, -0.15) is 35.3 Å². The van der Waals surface area contributed by atoms with Crippen LogP contribution >= 0.6 is 120 Å². The van der Waals surface area contributed by atoms with E-state index in [9.17, 15) is 9.59 Å². The van der Waals surface area contributed by atoms with Gasteiger partial charge in [0.15, 0.2) is 0 Å². The van der Waals surface area contributed by atoms with Gasteiger partial charge in [0.1, 0.15) is 11.5 Å². The van der Waals surface area contributed by atoms with E-state index in [1.807, 2.05) is 60.1 Å². The van der Waals surface area contributed by atoms with Crippen LogP contribution in [0.5, 0.6) is 11.5 Å². The molecular formula is C48H68O4S11. The molecule has 4 nitrogen and oxygen atoms in total. The molecule has 7 fully saturated rings. The third-order valence-corrected chi connectivity index (χ3v) is 32.5. The average Bonchev–Trinajstić information content (AvgIpc) is 3.42. The third kappa shape index (κ3) is 17.5. The Kier molecular flexibility index (Phi) is 23.8. The lowest BCUT2D eigenvalue weighted by atomic mass is 10.0. The van der Waals surface area contributed by atoms with Crippen molar-refractivity contribution in [1.29, 1.82) is 0 Å². The number of aryl methyl sites for hydroxylation is 2. The van der Waals surface area contributed by atoms with Gasteiger partial charge in [-0.25, -0.2) is 0 Å². The Morgan fingerprint density at radius 3 is 1.54 bits per heavy atom. The minimum atomic E-state index is -0.167. The molecule has 10 atom stereocenters. The third-order valence-electron chi connectivity index (χ3n) is 12.7. The second-order valence-corrected chi connectivity index (χ2v) is 33.6. The van der Waals surface area contributed by atoms with Crippen molar-refractivity contribution < 1.29 is 19.1 Å². The van der Waals surface area contributed by atoms with Crippen molar-refractivity contribution >= 4 is 132 Å². The minimum Gasteiger partial charge on any atom is -0.427 e. The van der Waals surface area contributed by atoms with Gasteiger partial charge in [0.2, 0.25) is 0 Å². The number of carbonyl (C=O) groups excluding carboxylic acids is 2. The van der Waals surface area contributed by atoms with Gasteiger partial charge in [-0.3, -0.25) is 9.59 Å². The van der Waals surface area contributed by atoms with Gasteiger partial charge in [-0.1, -0.05) is 154 Å². The lowest BCUT2D eigenvalue weighted by Gasteiger charge is -2.47. The van der Waals surface area contributed by atoms with E-state index in [4.69, 9.17) is 9.47 Å². The average molecular weight is 1060 g/mol. The summed E-state index contributed by atoms with van der Waals surface area (Å²) in [5.41, 5.74) is 2.54. The highest BCUT2D eigenvalue weighted by Gasteiger charge is 2.45. The minimum absolute atomic E-state index is 0.167. The summed E-state index contributed by atoms with van der Waals surface area (Å²) in [7, 11) is 17.7. The molecular weight excluding hydrogens is 993 g/mol. The SMILES string of the molecule is CCC(=O)Oc1cccc(CCCCCCCC2SSC(CCCCCCCc3cccc(OC(=O)CC)c3)C(CC3SSSSCC4CC3S4)SSC2CC2SCC3CC2S3)c1. The van der Waals surface area contributed by atoms with Crippen LogP contribution in [0.1, 0.15) is 141 Å². The lowest BCUT2D eigenvalue weighted by molar-refractivity contribution is -0.134. The van der Waals surface area contributed by atoms with Gasteiger partial charge in [-0.15, -0.1) is 0 Å². The Labute approximate surface area is 424 Å². The summed E-state index contributed by atoms with van der Waals surface area (Å²) in [5, 5.41) is 8.01. The van der Waals surface area contributed by atoms with E-state index in [1.165, 1.54) is 125 Å². The predicted molar refractivity (Wildman–Crippen MR) is 297 cm³/mol. The normalized spacial score (nSPS) is 29.4. The quantitative estimate of drug-likeness (QED) is 0.0434. The Hall–Kier alpha value is 1.23. The van der Waals surface area contributed by atoms with E-state index in [1.54, 1.807) is 0 Å². The number of ether oxygens (including phenoxy) is 2. The molecule has 9 rings (SSSR count). The highest BCUT2D eigenvalue weighted by atomic mass is 33.7. The molecule has 7 aliphatic rings. The Morgan fingerprint density at radius 1 is 0.540 bits per heavy atom. The molecule has 0 amide bonds. The van der Waals surface area contributed by atoms with Crippen molar-refractivity contribution in [3.63, 3.8) is 0 Å². The van der Waals surface area contributed by atoms with Crippen molar-refractivity contribution in [3.8, 4) is 11.5 Å². The number of unbranched alkanes of at least 4 members (excludes halogenated alkanes) is 8. The van der Waals surface area contributed by atoms with E-state index < -0.39 is 0 Å². The Bertz CT molecular complexity index is 1670. The Morgan fingerprint density at radius 2 is 1.02 bits per heavy atom. The lowest BCUT2D eigenvalue weighted by Crippen LogP contribution is -2.44. The molecule has 0 aliphatic carbocycles. The molecule has 7 aliphatic heterocycles. The summed E-state index contributed by atoms with van der Waals surface area (Å²) in [5.74, 6) is 3.71. The van der Waals surface area contributed by atoms with E-state index in [2.05, 4.69) is 122 Å². The number of carbonyl (C=O) groups is 2. The molecule has 2 aromatic rings. The molecule has 4 bridgehead atoms. The number of esters is 2. The molecule has 10 unspecified atom stereocenters. The van der Waals surface area contributed by atoms with Crippen LogP contribution in [0.3, 0.4) is 0 Å². The van der Waals surface area contributed by atoms with Gasteiger partial charge >= 0.3 is 11.9 Å². The largest absolute Gasteiger partial charge is 0.427 e. The maximum Gasteiger partial charge on any atom is 0.310 e. The monoisotopic (exact) mass is 1060 g/mol. The van der Waals surface area contributed by atoms with Gasteiger partial charge in [0.05, 0.1) is 0 Å². The molecule has 0 saturated carbocycles. The Balaban J connectivity index is 0.915. The molecule has 0 N–H and O–H groups in total. The zero-order valence-corrected chi connectivity index (χ0v) is 46.1. The summed E-state index contributed by atoms with van der Waals surface area (Å²) in [4.78, 5) is 23.6. The molecule has 7 heterocycles. The first-order valence-electron chi connectivity index (χ1n) is 23.7. The zero-order valence-electron chi connectivity index (χ0n) is 37.1. The number of hydrogen-bond acceptors (Lipinski definition) is 15. The zero-order chi connectivity index (χ0) is 43.6. The van der Waals surface area contributed by atoms with Crippen LogP contribution in [-0.4, -0.2) is 75.9 Å². The fraction of sp³-hybridized carbons (Fsp3) is 0.708. The van der Waals surface area contributed by atoms with Crippen LogP contribution < -0.4 is 9.47 Å². The van der Waals surface area contributed by atoms with Crippen LogP contribution in [0.15, 0.2) is 48.5 Å². The van der Waals surface area contributed by atoms with Crippen molar-refractivity contribution in [3.05, 3.63) is 59.7 Å². The maximum atomic E-state index is 11.8. The molecule has 350 valence electrons. The van der Waals surface area contributed by atoms with Gasteiger partial charge in [-0.05, 0) is 119 Å². The molecule has 0 radical (unpaired) electrons. The number of thioether (sulfide) groups is 3. The fourth-order valence-corrected chi connectivity index (χ4v) is 30.2. The van der Waals surface area contributed by atoms with E-state index in [0.717, 1.165) is 54.8 Å². The maximum absolute atomic E-state index is 11.8. The fourth-order valence-electron chi connectivity index (χ4n) is 8.87. The topological polar surface area (TPSA) is 52.6 Å². The summed E-state index contributed by atoms with van der Waals surface area (Å²) < 4.78 is 10.9. The molecule has 15 heteroatoms. The van der Waals surface area contributed by atoms with Crippen molar-refractivity contribution in [2.75, 3.05) is 11.5 Å². The summed E-state index contributed by atoms with van der Waals surface area (Å²) in [6.45, 7) is 3.68. The molecule has 63 heavy (non-hydrogen) atoms. The van der Waals surface area contributed by atoms with Crippen molar-refractivity contribution in [1.82, 2.24) is 0 Å². The first kappa shape index (κ1) is 52.1.